The van der Waals surface area contributed by atoms with E-state index in [1.807, 2.05) is 0 Å². The van der Waals surface area contributed by atoms with Crippen LogP contribution in [0.5, 0.6) is 0 Å². The Hall–Kier alpha value is -4.25. The summed E-state index contributed by atoms with van der Waals surface area (Å²) in [5, 5.41) is 0. The average Bonchev–Trinajstić information content (AvgIpc) is 3.12. The monoisotopic (exact) mass is 774 g/mol. The molecule has 0 radical (unpaired) electrons. The van der Waals surface area contributed by atoms with E-state index in [0.29, 0.717) is 0 Å². The van der Waals surface area contributed by atoms with E-state index in [2.05, 4.69) is 202 Å². The first-order valence-corrected chi connectivity index (χ1v) is 32.6. The van der Waals surface area contributed by atoms with Crippen molar-refractivity contribution in [2.45, 2.75) is 34.5 Å². The van der Waals surface area contributed by atoms with Gasteiger partial charge in [0.1, 0.15) is 0 Å². The summed E-state index contributed by atoms with van der Waals surface area (Å²) in [5.74, 6) is 15.3. The van der Waals surface area contributed by atoms with Crippen LogP contribution < -0.4 is 18.6 Å². The molecule has 0 saturated heterocycles. The third-order valence-corrected chi connectivity index (χ3v) is 19.3. The van der Waals surface area contributed by atoms with E-state index < -0.39 is 26.5 Å². The molecule has 2 atom stereocenters. The number of para-hydroxylation sites is 2. The number of rotatable bonds is 8. The molecule has 0 bridgehead atoms. The van der Waals surface area contributed by atoms with Crippen molar-refractivity contribution >= 4 is 58.1 Å². The Morgan fingerprint density at radius 3 is 1.44 bits per heavy atom. The molecule has 0 N–H and O–H groups in total. The van der Waals surface area contributed by atoms with Gasteiger partial charge >= 0.3 is 306 Å². The molecular formula is C46H46Ge2N2. The summed E-state index contributed by atoms with van der Waals surface area (Å²) in [6.45, 7) is 0. The normalized spacial score (nSPS) is 19.2. The van der Waals surface area contributed by atoms with Crippen LogP contribution in [-0.2, 0) is 0 Å². The van der Waals surface area contributed by atoms with Gasteiger partial charge in [0.15, 0.2) is 0 Å². The van der Waals surface area contributed by atoms with Crippen LogP contribution in [0.3, 0.4) is 0 Å². The first kappa shape index (κ1) is 32.9. The van der Waals surface area contributed by atoms with Gasteiger partial charge in [-0.05, 0) is 0 Å². The summed E-state index contributed by atoms with van der Waals surface area (Å²) >= 11 is -3.92. The van der Waals surface area contributed by atoms with E-state index in [1.165, 1.54) is 65.2 Å². The second-order valence-corrected chi connectivity index (χ2v) is 37.2. The summed E-state index contributed by atoms with van der Waals surface area (Å²) in [7, 11) is 0. The van der Waals surface area contributed by atoms with Crippen LogP contribution in [0, 0.1) is 11.8 Å². The topological polar surface area (TPSA) is 6.48 Å². The summed E-state index contributed by atoms with van der Waals surface area (Å²) in [6, 6.07) is 40.6. The molecule has 4 aliphatic rings. The number of allylic oxidation sites excluding steroid dienone is 12. The zero-order valence-corrected chi connectivity index (χ0v) is 34.3. The molecule has 8 rings (SSSR count). The van der Waals surface area contributed by atoms with Crippen LogP contribution in [0.1, 0.15) is 0 Å². The number of benzene rings is 4. The van der Waals surface area contributed by atoms with Crippen molar-refractivity contribution < 1.29 is 0 Å². The molecule has 0 spiro atoms. The number of hydrogen-bond acceptors (Lipinski definition) is 2. The third-order valence-electron chi connectivity index (χ3n) is 10.6. The van der Waals surface area contributed by atoms with E-state index >= 15 is 0 Å². The first-order valence-electron chi connectivity index (χ1n) is 17.9. The summed E-state index contributed by atoms with van der Waals surface area (Å²) < 4.78 is 3.05. The Balaban J connectivity index is 1.24. The molecule has 50 heavy (non-hydrogen) atoms. The zero-order chi connectivity index (χ0) is 34.6. The standard InChI is InChI=1S/C46H46Ge2N2/c1-47(2,3)35-21-25-39(26-22-35)49(37-13-9-7-10-14-37)43-31-19-33-18-30-42-44(32-20-34-17-29-41(43)45(33)46(34)42)50(38-15-11-8-12-16-38)40-27-23-36(24-28-40)48(4,5)6/h7-32,45-46H,1-6H3. The molecule has 4 aromatic carbocycles. The molecule has 4 aromatic rings. The van der Waals surface area contributed by atoms with Crippen molar-refractivity contribution in [3.05, 3.63) is 191 Å². The van der Waals surface area contributed by atoms with Gasteiger partial charge in [-0.2, -0.15) is 0 Å². The van der Waals surface area contributed by atoms with Crippen LogP contribution in [0.25, 0.3) is 0 Å². The molecule has 0 fully saturated rings. The molecule has 4 heteroatoms. The van der Waals surface area contributed by atoms with E-state index in [4.69, 9.17) is 0 Å². The van der Waals surface area contributed by atoms with Crippen molar-refractivity contribution in [1.82, 2.24) is 0 Å². The fraction of sp³-hybridized carbons (Fsp3) is 0.174. The molecular weight excluding hydrogens is 726 g/mol. The Morgan fingerprint density at radius 1 is 0.420 bits per heavy atom. The summed E-state index contributed by atoms with van der Waals surface area (Å²) in [6.07, 6.45) is 18.9. The predicted octanol–water partition coefficient (Wildman–Crippen LogP) is 11.1. The molecule has 0 heterocycles. The molecule has 0 amide bonds. The van der Waals surface area contributed by atoms with Gasteiger partial charge in [0.05, 0.1) is 0 Å². The summed E-state index contributed by atoms with van der Waals surface area (Å²) in [5.41, 5.74) is 12.8. The van der Waals surface area contributed by atoms with Crippen LogP contribution in [0.2, 0.25) is 34.5 Å². The Morgan fingerprint density at radius 2 is 0.880 bits per heavy atom. The van der Waals surface area contributed by atoms with E-state index in [0.717, 1.165) is 0 Å². The van der Waals surface area contributed by atoms with Gasteiger partial charge in [0, 0.05) is 0 Å². The maximum absolute atomic E-state index is 2.47. The van der Waals surface area contributed by atoms with Gasteiger partial charge in [0.25, 0.3) is 0 Å². The SMILES string of the molecule is [CH3][Ge]([CH3])([CH3])[c]1ccc(N(C2=CC=C3C=CC4=C(N(c5ccccc5)c5cc[c]([Ge]([CH3])([CH3])[CH3])cc5)C=CC5=CC=C2C3C54)c2ccccc2)cc1. The molecule has 248 valence electrons. The number of hydrogen-bond donors (Lipinski definition) is 0. The first-order chi connectivity index (χ1) is 24.1. The molecule has 2 unspecified atom stereocenters. The molecule has 2 nitrogen and oxygen atoms in total. The predicted molar refractivity (Wildman–Crippen MR) is 221 cm³/mol. The van der Waals surface area contributed by atoms with Crippen molar-refractivity contribution in [2.75, 3.05) is 9.80 Å². The van der Waals surface area contributed by atoms with Crippen molar-refractivity contribution in [1.29, 1.82) is 0 Å². The van der Waals surface area contributed by atoms with Crippen LogP contribution >= 0.6 is 0 Å². The fourth-order valence-corrected chi connectivity index (χ4v) is 12.8. The van der Waals surface area contributed by atoms with Gasteiger partial charge in [-0.1, -0.05) is 0 Å². The fourth-order valence-electron chi connectivity index (χ4n) is 7.88. The van der Waals surface area contributed by atoms with Gasteiger partial charge in [-0.3, -0.25) is 0 Å². The van der Waals surface area contributed by atoms with Crippen LogP contribution in [0.15, 0.2) is 191 Å². The molecule has 0 aromatic heterocycles. The minimum atomic E-state index is -1.96. The van der Waals surface area contributed by atoms with Gasteiger partial charge < -0.3 is 0 Å². The average molecular weight is 772 g/mol. The number of anilines is 4. The maximum atomic E-state index is 2.47. The summed E-state index contributed by atoms with van der Waals surface area (Å²) in [4.78, 5) is 4.94. The van der Waals surface area contributed by atoms with Crippen molar-refractivity contribution in [3.8, 4) is 0 Å². The third kappa shape index (κ3) is 5.97. The van der Waals surface area contributed by atoms with Crippen LogP contribution in [0.4, 0.5) is 22.7 Å². The molecule has 0 saturated carbocycles. The van der Waals surface area contributed by atoms with Gasteiger partial charge in [-0.15, -0.1) is 0 Å². The Kier molecular flexibility index (Phi) is 8.44. The van der Waals surface area contributed by atoms with Crippen molar-refractivity contribution in [3.63, 3.8) is 0 Å². The molecule has 4 aliphatic carbocycles. The zero-order valence-electron chi connectivity index (χ0n) is 30.1. The Labute approximate surface area is 304 Å². The Bertz CT molecular complexity index is 2150. The minimum absolute atomic E-state index is 0.235. The van der Waals surface area contributed by atoms with Crippen LogP contribution in [-0.4, -0.2) is 26.5 Å². The van der Waals surface area contributed by atoms with Crippen molar-refractivity contribution in [2.24, 2.45) is 11.8 Å². The van der Waals surface area contributed by atoms with E-state index in [-0.39, 0.29) is 11.8 Å². The second-order valence-electron chi connectivity index (χ2n) is 15.9. The molecule has 0 aliphatic heterocycles. The second kappa shape index (κ2) is 12.8. The van der Waals surface area contributed by atoms with E-state index in [1.54, 1.807) is 0 Å². The van der Waals surface area contributed by atoms with Gasteiger partial charge in [0.2, 0.25) is 0 Å². The van der Waals surface area contributed by atoms with E-state index in [9.17, 15) is 0 Å². The quantitative estimate of drug-likeness (QED) is 0.165. The number of nitrogens with zero attached hydrogens (tertiary/aromatic N) is 2. The van der Waals surface area contributed by atoms with Gasteiger partial charge in [-0.25, -0.2) is 0 Å².